The first kappa shape index (κ1) is 27.1. The molecule has 7 heteroatoms. The first-order valence-electron chi connectivity index (χ1n) is 12.0. The number of nitrogens with zero attached hydrogens (tertiary/aromatic N) is 4. The highest BCUT2D eigenvalue weighted by Crippen LogP contribution is 2.61. The third kappa shape index (κ3) is 7.00. The second-order valence-electron chi connectivity index (χ2n) is 11.8. The average Bonchev–Trinajstić information content (AvgIpc) is 2.75. The number of benzene rings is 1. The van der Waals surface area contributed by atoms with Gasteiger partial charge in [0.25, 0.3) is 0 Å². The first-order chi connectivity index (χ1) is 15.8. The second kappa shape index (κ2) is 10.6. The lowest BCUT2D eigenvalue weighted by Crippen LogP contribution is -2.38. The molecule has 0 amide bonds. The molecule has 0 aliphatic rings. The van der Waals surface area contributed by atoms with Crippen LogP contribution in [0.2, 0.25) is 19.6 Å². The van der Waals surface area contributed by atoms with Crippen molar-refractivity contribution in [1.82, 2.24) is 19.9 Å². The molecular formula is C27H40N4P2Si. The molecule has 0 aliphatic heterocycles. The first-order valence-corrected chi connectivity index (χ1v) is 18.5. The maximum absolute atomic E-state index is 4.64. The van der Waals surface area contributed by atoms with Gasteiger partial charge < -0.3 is 0 Å². The van der Waals surface area contributed by atoms with Crippen LogP contribution in [0.25, 0.3) is 0 Å². The van der Waals surface area contributed by atoms with Crippen LogP contribution in [-0.2, 0) is 12.3 Å². The molecule has 0 unspecified atom stereocenters. The van der Waals surface area contributed by atoms with Crippen molar-refractivity contribution in [3.8, 4) is 0 Å². The third-order valence-corrected chi connectivity index (χ3v) is 14.0. The molecular weight excluding hydrogens is 470 g/mol. The zero-order valence-electron chi connectivity index (χ0n) is 22.3. The summed E-state index contributed by atoms with van der Waals surface area (Å²) >= 11 is 0. The molecule has 2 heterocycles. The predicted molar refractivity (Wildman–Crippen MR) is 154 cm³/mol. The Morgan fingerprint density at radius 3 is 1.56 bits per heavy atom. The van der Waals surface area contributed by atoms with Gasteiger partial charge in [-0.15, -0.1) is 0 Å². The molecule has 0 saturated heterocycles. The van der Waals surface area contributed by atoms with Crippen LogP contribution >= 0.6 is 15.8 Å². The summed E-state index contributed by atoms with van der Waals surface area (Å²) in [6.45, 7) is 21.7. The fourth-order valence-electron chi connectivity index (χ4n) is 4.31. The molecule has 0 atom stereocenters. The van der Waals surface area contributed by atoms with Gasteiger partial charge in [0, 0.05) is 38.9 Å². The van der Waals surface area contributed by atoms with Gasteiger partial charge in [-0.25, -0.2) is 19.9 Å². The Morgan fingerprint density at radius 1 is 0.676 bits per heavy atom. The minimum absolute atomic E-state index is 0.250. The van der Waals surface area contributed by atoms with Gasteiger partial charge in [0.05, 0.1) is 8.07 Å². The fourth-order valence-corrected chi connectivity index (χ4v) is 11.0. The van der Waals surface area contributed by atoms with Crippen LogP contribution in [-0.4, -0.2) is 38.3 Å². The summed E-state index contributed by atoms with van der Waals surface area (Å²) in [4.78, 5) is 18.6. The minimum atomic E-state index is -1.46. The summed E-state index contributed by atoms with van der Waals surface area (Å²) in [6, 6.07) is 11.0. The van der Waals surface area contributed by atoms with Crippen LogP contribution < -0.4 is 16.3 Å². The standard InChI is InChI=1S/C27H40N4P2Si/c1-26(2,3)33(27(4,5)6)20-21-12-13-23(34(7,8)9)18-22(21)19-32(24-28-14-10-15-29-24)25-30-16-11-17-31-25/h10-18H,19-20H2,1-9H3. The largest absolute Gasteiger partial charge is 0.237 e. The van der Waals surface area contributed by atoms with Crippen LogP contribution in [0.5, 0.6) is 0 Å². The molecule has 4 nitrogen and oxygen atoms in total. The number of hydrogen-bond donors (Lipinski definition) is 0. The molecule has 0 saturated carbocycles. The van der Waals surface area contributed by atoms with E-state index in [4.69, 9.17) is 0 Å². The third-order valence-electron chi connectivity index (χ3n) is 5.94. The zero-order chi connectivity index (χ0) is 25.1. The van der Waals surface area contributed by atoms with Crippen LogP contribution in [0, 0.1) is 0 Å². The number of aromatic nitrogens is 4. The van der Waals surface area contributed by atoms with E-state index in [9.17, 15) is 0 Å². The number of hydrogen-bond acceptors (Lipinski definition) is 4. The quantitative estimate of drug-likeness (QED) is 0.288. The highest BCUT2D eigenvalue weighted by Gasteiger charge is 2.35. The van der Waals surface area contributed by atoms with E-state index in [-0.39, 0.29) is 18.2 Å². The molecule has 0 fully saturated rings. The second-order valence-corrected chi connectivity index (χ2v) is 22.8. The molecule has 0 N–H and O–H groups in total. The Labute approximate surface area is 210 Å². The van der Waals surface area contributed by atoms with Crippen molar-refractivity contribution in [3.05, 3.63) is 66.2 Å². The summed E-state index contributed by atoms with van der Waals surface area (Å²) < 4.78 is 0. The maximum atomic E-state index is 4.64. The SMILES string of the molecule is CC(C)(C)P(Cc1ccc([Si](C)(C)C)cc1CP(c1ncccn1)c1ncccn1)C(C)(C)C. The minimum Gasteiger partial charge on any atom is -0.237 e. The van der Waals surface area contributed by atoms with Gasteiger partial charge in [-0.3, -0.25) is 0 Å². The van der Waals surface area contributed by atoms with E-state index >= 15 is 0 Å². The molecule has 0 bridgehead atoms. The molecule has 2 aromatic heterocycles. The lowest BCUT2D eigenvalue weighted by Gasteiger charge is -2.42. The summed E-state index contributed by atoms with van der Waals surface area (Å²) in [7, 11) is -2.61. The van der Waals surface area contributed by atoms with Gasteiger partial charge in [0.15, 0.2) is 11.1 Å². The molecule has 0 spiro atoms. The monoisotopic (exact) mass is 510 g/mol. The summed E-state index contributed by atoms with van der Waals surface area (Å²) in [6.07, 6.45) is 9.32. The van der Waals surface area contributed by atoms with Crippen LogP contribution in [0.4, 0.5) is 0 Å². The summed E-state index contributed by atoms with van der Waals surface area (Å²) in [5.74, 6) is 0. The fraction of sp³-hybridized carbons (Fsp3) is 0.481. The topological polar surface area (TPSA) is 51.6 Å². The van der Waals surface area contributed by atoms with Gasteiger partial charge in [-0.1, -0.05) is 92.5 Å². The number of rotatable bonds is 7. The Hall–Kier alpha value is -1.54. The Bertz CT molecular complexity index is 1020. The van der Waals surface area contributed by atoms with Crippen molar-refractivity contribution in [1.29, 1.82) is 0 Å². The Morgan fingerprint density at radius 2 is 1.15 bits per heavy atom. The highest BCUT2D eigenvalue weighted by molar-refractivity contribution is 7.71. The Balaban J connectivity index is 2.12. The molecule has 3 aromatic rings. The summed E-state index contributed by atoms with van der Waals surface area (Å²) in [5, 5.41) is 2.05. The maximum Gasteiger partial charge on any atom is 0.158 e. The van der Waals surface area contributed by atoms with Crippen LogP contribution in [0.15, 0.2) is 55.1 Å². The van der Waals surface area contributed by atoms with E-state index in [1.54, 1.807) is 0 Å². The normalized spacial score (nSPS) is 13.0. The van der Waals surface area contributed by atoms with E-state index in [0.29, 0.717) is 0 Å². The summed E-state index contributed by atoms with van der Waals surface area (Å²) in [5.41, 5.74) is 4.59. The molecule has 182 valence electrons. The zero-order valence-corrected chi connectivity index (χ0v) is 25.1. The van der Waals surface area contributed by atoms with Gasteiger partial charge >= 0.3 is 0 Å². The van der Waals surface area contributed by atoms with E-state index in [0.717, 1.165) is 23.5 Å². The van der Waals surface area contributed by atoms with Gasteiger partial charge in [0.2, 0.25) is 0 Å². The van der Waals surface area contributed by atoms with Crippen molar-refractivity contribution < 1.29 is 0 Å². The van der Waals surface area contributed by atoms with Crippen molar-refractivity contribution in [2.75, 3.05) is 0 Å². The van der Waals surface area contributed by atoms with Gasteiger partial charge in [-0.2, -0.15) is 0 Å². The predicted octanol–water partition coefficient (Wildman–Crippen LogP) is 6.02. The molecule has 0 aliphatic carbocycles. The van der Waals surface area contributed by atoms with Crippen LogP contribution in [0.1, 0.15) is 52.7 Å². The van der Waals surface area contributed by atoms with Crippen molar-refractivity contribution in [3.63, 3.8) is 0 Å². The van der Waals surface area contributed by atoms with Crippen molar-refractivity contribution in [2.45, 2.75) is 83.8 Å². The van der Waals surface area contributed by atoms with Gasteiger partial charge in [0.1, 0.15) is 0 Å². The van der Waals surface area contributed by atoms with E-state index in [1.165, 1.54) is 16.3 Å². The lowest BCUT2D eigenvalue weighted by molar-refractivity contribution is 0.702. The average molecular weight is 511 g/mol. The van der Waals surface area contributed by atoms with E-state index < -0.39 is 16.0 Å². The van der Waals surface area contributed by atoms with Crippen molar-refractivity contribution >= 4 is 40.2 Å². The Kier molecular flexibility index (Phi) is 8.44. The van der Waals surface area contributed by atoms with Crippen molar-refractivity contribution in [2.24, 2.45) is 0 Å². The lowest BCUT2D eigenvalue weighted by atomic mass is 10.1. The van der Waals surface area contributed by atoms with Crippen LogP contribution in [0.3, 0.4) is 0 Å². The van der Waals surface area contributed by atoms with Gasteiger partial charge in [-0.05, 0) is 39.7 Å². The molecule has 34 heavy (non-hydrogen) atoms. The smallest absolute Gasteiger partial charge is 0.158 e. The van der Waals surface area contributed by atoms with E-state index in [2.05, 4.69) is 99.3 Å². The highest BCUT2D eigenvalue weighted by atomic mass is 31.1. The molecule has 3 rings (SSSR count). The molecule has 0 radical (unpaired) electrons. The molecule has 1 aromatic carbocycles. The van der Waals surface area contributed by atoms with E-state index in [1.807, 2.05) is 36.9 Å².